The topological polar surface area (TPSA) is 85.2 Å². The highest BCUT2D eigenvalue weighted by molar-refractivity contribution is 6.37. The van der Waals surface area contributed by atoms with Gasteiger partial charge in [-0.15, -0.1) is 0 Å². The van der Waals surface area contributed by atoms with E-state index < -0.39 is 17.6 Å². The van der Waals surface area contributed by atoms with E-state index in [4.69, 9.17) is 0 Å². The minimum atomic E-state index is -0.515. The fourth-order valence-electron chi connectivity index (χ4n) is 3.83. The molecule has 0 atom stereocenters. The smallest absolute Gasteiger partial charge is 0.267 e. The largest absolute Gasteiger partial charge is 0.295 e. The molecule has 0 unspecified atom stereocenters. The SMILES string of the molecule is CC(=O)c1ccc(N2C(=O)c3cnc4c(c(C)nn4-c4ccccc4F)c3C2=O)cc1. The molecule has 5 rings (SSSR count). The highest BCUT2D eigenvalue weighted by atomic mass is 19.1. The van der Waals surface area contributed by atoms with Crippen molar-refractivity contribution in [2.45, 2.75) is 13.8 Å². The van der Waals surface area contributed by atoms with Crippen LogP contribution in [0.2, 0.25) is 0 Å². The summed E-state index contributed by atoms with van der Waals surface area (Å²) in [4.78, 5) is 43.2. The Labute approximate surface area is 175 Å². The maximum absolute atomic E-state index is 14.4. The Morgan fingerprint density at radius 1 is 1.00 bits per heavy atom. The van der Waals surface area contributed by atoms with E-state index in [1.807, 2.05) is 0 Å². The summed E-state index contributed by atoms with van der Waals surface area (Å²) in [6.07, 6.45) is 1.32. The molecule has 0 bridgehead atoms. The van der Waals surface area contributed by atoms with Crippen LogP contribution < -0.4 is 4.90 Å². The van der Waals surface area contributed by atoms with Crippen molar-refractivity contribution in [2.75, 3.05) is 4.90 Å². The van der Waals surface area contributed by atoms with Gasteiger partial charge in [0.15, 0.2) is 11.4 Å². The predicted octanol–water partition coefficient (Wildman–Crippen LogP) is 3.87. The number of halogens is 1. The fourth-order valence-corrected chi connectivity index (χ4v) is 3.83. The van der Waals surface area contributed by atoms with Crippen molar-refractivity contribution >= 4 is 34.3 Å². The van der Waals surface area contributed by atoms with Gasteiger partial charge in [0.2, 0.25) is 0 Å². The summed E-state index contributed by atoms with van der Waals surface area (Å²) in [6.45, 7) is 3.12. The number of carbonyl (C=O) groups excluding carboxylic acids is 3. The monoisotopic (exact) mass is 414 g/mol. The quantitative estimate of drug-likeness (QED) is 0.375. The van der Waals surface area contributed by atoms with Crippen molar-refractivity contribution < 1.29 is 18.8 Å². The number of fused-ring (bicyclic) bond motifs is 3. The van der Waals surface area contributed by atoms with Gasteiger partial charge in [-0.1, -0.05) is 12.1 Å². The molecular weight excluding hydrogens is 399 g/mol. The van der Waals surface area contributed by atoms with Gasteiger partial charge in [-0.3, -0.25) is 14.4 Å². The zero-order valence-corrected chi connectivity index (χ0v) is 16.6. The van der Waals surface area contributed by atoms with Gasteiger partial charge < -0.3 is 0 Å². The van der Waals surface area contributed by atoms with Gasteiger partial charge in [0, 0.05) is 11.8 Å². The number of ketones is 1. The van der Waals surface area contributed by atoms with E-state index >= 15 is 0 Å². The average molecular weight is 414 g/mol. The summed E-state index contributed by atoms with van der Waals surface area (Å²) < 4.78 is 15.7. The third-order valence-electron chi connectivity index (χ3n) is 5.33. The molecule has 0 fully saturated rings. The number of aryl methyl sites for hydroxylation is 1. The number of para-hydroxylation sites is 1. The normalized spacial score (nSPS) is 13.2. The molecule has 3 heterocycles. The third-order valence-corrected chi connectivity index (χ3v) is 5.33. The summed E-state index contributed by atoms with van der Waals surface area (Å²) in [5, 5.41) is 4.79. The standard InChI is InChI=1S/C23H15FN4O3/c1-12-19-20-16(11-25-21(19)28(26-12)18-6-4-3-5-17(18)24)22(30)27(23(20)31)15-9-7-14(8-10-15)13(2)29/h3-11H,1-2H3. The Bertz CT molecular complexity index is 1420. The van der Waals surface area contributed by atoms with Crippen molar-refractivity contribution in [1.29, 1.82) is 0 Å². The number of carbonyl (C=O) groups is 3. The molecule has 4 aromatic rings. The first kappa shape index (κ1) is 18.8. The molecule has 0 N–H and O–H groups in total. The van der Waals surface area contributed by atoms with Crippen LogP contribution in [-0.2, 0) is 0 Å². The Morgan fingerprint density at radius 2 is 1.71 bits per heavy atom. The molecule has 0 aliphatic carbocycles. The second-order valence-electron chi connectivity index (χ2n) is 7.24. The van der Waals surface area contributed by atoms with Crippen molar-refractivity contribution in [3.8, 4) is 5.69 Å². The summed E-state index contributed by atoms with van der Waals surface area (Å²) in [6, 6.07) is 12.4. The number of rotatable bonds is 3. The molecule has 0 saturated carbocycles. The predicted molar refractivity (Wildman–Crippen MR) is 111 cm³/mol. The van der Waals surface area contributed by atoms with Crippen LogP contribution in [0.5, 0.6) is 0 Å². The van der Waals surface area contributed by atoms with E-state index in [2.05, 4.69) is 10.1 Å². The van der Waals surface area contributed by atoms with Crippen LogP contribution in [0.3, 0.4) is 0 Å². The van der Waals surface area contributed by atoms with E-state index in [-0.39, 0.29) is 28.2 Å². The number of Topliss-reactive ketones (excluding diaryl/α,β-unsaturated/α-hetero) is 1. The molecule has 0 radical (unpaired) electrons. The Morgan fingerprint density at radius 3 is 2.39 bits per heavy atom. The fraction of sp³-hybridized carbons (Fsp3) is 0.0870. The van der Waals surface area contributed by atoms with Crippen molar-refractivity contribution in [3.05, 3.63) is 82.9 Å². The van der Waals surface area contributed by atoms with Crippen LogP contribution >= 0.6 is 0 Å². The van der Waals surface area contributed by atoms with E-state index in [0.717, 1.165) is 4.90 Å². The Balaban J connectivity index is 1.67. The van der Waals surface area contributed by atoms with E-state index in [0.29, 0.717) is 22.3 Å². The van der Waals surface area contributed by atoms with Gasteiger partial charge in [-0.05, 0) is 50.2 Å². The zero-order chi connectivity index (χ0) is 21.9. The van der Waals surface area contributed by atoms with Gasteiger partial charge in [-0.25, -0.2) is 19.0 Å². The van der Waals surface area contributed by atoms with Crippen molar-refractivity contribution in [1.82, 2.24) is 14.8 Å². The van der Waals surface area contributed by atoms with Gasteiger partial charge >= 0.3 is 0 Å². The zero-order valence-electron chi connectivity index (χ0n) is 16.6. The number of aromatic nitrogens is 3. The molecule has 7 nitrogen and oxygen atoms in total. The van der Waals surface area contributed by atoms with E-state index in [1.165, 1.54) is 23.9 Å². The maximum atomic E-state index is 14.4. The minimum Gasteiger partial charge on any atom is -0.295 e. The number of amides is 2. The van der Waals surface area contributed by atoms with Crippen LogP contribution in [0.1, 0.15) is 43.7 Å². The number of pyridine rings is 1. The van der Waals surface area contributed by atoms with Gasteiger partial charge in [0.25, 0.3) is 11.8 Å². The number of benzene rings is 2. The molecule has 1 aliphatic heterocycles. The molecule has 2 aromatic heterocycles. The third kappa shape index (κ3) is 2.68. The molecule has 8 heteroatoms. The van der Waals surface area contributed by atoms with Gasteiger partial charge in [0.05, 0.1) is 27.9 Å². The summed E-state index contributed by atoms with van der Waals surface area (Å²) in [5.41, 5.74) is 2.11. The second-order valence-corrected chi connectivity index (χ2v) is 7.24. The number of nitrogens with zero attached hydrogens (tertiary/aromatic N) is 4. The first-order valence-corrected chi connectivity index (χ1v) is 9.51. The maximum Gasteiger partial charge on any atom is 0.267 e. The number of imide groups is 1. The van der Waals surface area contributed by atoms with Crippen LogP contribution in [0.4, 0.5) is 10.1 Å². The lowest BCUT2D eigenvalue weighted by Gasteiger charge is -2.14. The molecule has 2 amide bonds. The Hall–Kier alpha value is -4.20. The van der Waals surface area contributed by atoms with Crippen LogP contribution in [-0.4, -0.2) is 32.4 Å². The first-order chi connectivity index (χ1) is 14.9. The van der Waals surface area contributed by atoms with Crippen molar-refractivity contribution in [3.63, 3.8) is 0 Å². The van der Waals surface area contributed by atoms with Gasteiger partial charge in [-0.2, -0.15) is 5.10 Å². The Kier molecular flexibility index (Phi) is 4.04. The summed E-state index contributed by atoms with van der Waals surface area (Å²) in [7, 11) is 0. The molecule has 0 saturated heterocycles. The number of anilines is 1. The lowest BCUT2D eigenvalue weighted by atomic mass is 10.1. The molecule has 31 heavy (non-hydrogen) atoms. The highest BCUT2D eigenvalue weighted by Crippen LogP contribution is 2.34. The summed E-state index contributed by atoms with van der Waals surface area (Å²) in [5.74, 6) is -1.62. The van der Waals surface area contributed by atoms with E-state index in [1.54, 1.807) is 49.4 Å². The molecule has 2 aromatic carbocycles. The molecule has 1 aliphatic rings. The average Bonchev–Trinajstić information content (AvgIpc) is 3.22. The van der Waals surface area contributed by atoms with Crippen LogP contribution in [0, 0.1) is 12.7 Å². The molecular formula is C23H15FN4O3. The van der Waals surface area contributed by atoms with Crippen molar-refractivity contribution in [2.24, 2.45) is 0 Å². The van der Waals surface area contributed by atoms with Gasteiger partial charge in [0.1, 0.15) is 11.5 Å². The number of hydrogen-bond acceptors (Lipinski definition) is 5. The molecule has 152 valence electrons. The number of hydrogen-bond donors (Lipinski definition) is 0. The first-order valence-electron chi connectivity index (χ1n) is 9.51. The summed E-state index contributed by atoms with van der Waals surface area (Å²) >= 11 is 0. The van der Waals surface area contributed by atoms with Crippen LogP contribution in [0.25, 0.3) is 16.7 Å². The van der Waals surface area contributed by atoms with Crippen LogP contribution in [0.15, 0.2) is 54.7 Å². The van der Waals surface area contributed by atoms with E-state index in [9.17, 15) is 18.8 Å². The second kappa shape index (κ2) is 6.66. The highest BCUT2D eigenvalue weighted by Gasteiger charge is 2.40. The minimum absolute atomic E-state index is 0.115. The lowest BCUT2D eigenvalue weighted by molar-refractivity contribution is 0.0925. The molecule has 0 spiro atoms. The lowest BCUT2D eigenvalue weighted by Crippen LogP contribution is -2.29.